The third-order valence-corrected chi connectivity index (χ3v) is 9.14. The van der Waals surface area contributed by atoms with Crippen molar-refractivity contribution in [1.29, 1.82) is 0 Å². The number of carboxylic acid groups (broad SMARTS) is 1. The van der Waals surface area contributed by atoms with Gasteiger partial charge in [0.15, 0.2) is 17.7 Å². The second-order valence-corrected chi connectivity index (χ2v) is 12.3. The molecule has 7 atom stereocenters. The molecule has 3 rings (SSSR count). The first kappa shape index (κ1) is 30.6. The van der Waals surface area contributed by atoms with Crippen LogP contribution in [0.4, 0.5) is 5.82 Å². The summed E-state index contributed by atoms with van der Waals surface area (Å²) in [6, 6.07) is 0. The summed E-state index contributed by atoms with van der Waals surface area (Å²) < 4.78 is 59.3. The summed E-state index contributed by atoms with van der Waals surface area (Å²) in [7, 11) is -16.5. The smallest absolute Gasteiger partial charge is 0.481 e. The molecule has 1 saturated heterocycles. The summed E-state index contributed by atoms with van der Waals surface area (Å²) in [6.45, 7) is -1.51. The minimum absolute atomic E-state index is 0.0236. The Morgan fingerprint density at radius 3 is 2.32 bits per heavy atom. The Hall–Kier alpha value is -1.89. The topological polar surface area (TPSA) is 305 Å². The second-order valence-electron chi connectivity index (χ2n) is 7.68. The number of anilines is 1. The van der Waals surface area contributed by atoms with Crippen molar-refractivity contribution in [2.75, 3.05) is 18.9 Å². The summed E-state index contributed by atoms with van der Waals surface area (Å²) in [5, 5.41) is 29.2. The van der Waals surface area contributed by atoms with E-state index in [4.69, 9.17) is 15.6 Å². The largest absolute Gasteiger partial charge is 0.490 e. The van der Waals surface area contributed by atoms with Gasteiger partial charge in [-0.25, -0.2) is 28.6 Å². The molecule has 0 bridgehead atoms. The highest BCUT2D eigenvalue weighted by Crippen LogP contribution is 2.67. The van der Waals surface area contributed by atoms with Crippen molar-refractivity contribution in [2.24, 2.45) is 0 Å². The third kappa shape index (κ3) is 8.06. The van der Waals surface area contributed by atoms with Crippen molar-refractivity contribution >= 4 is 46.4 Å². The molecule has 0 aromatic carbocycles. The minimum atomic E-state index is -5.74. The van der Waals surface area contributed by atoms with Crippen LogP contribution in [0.1, 0.15) is 25.5 Å². The van der Waals surface area contributed by atoms with E-state index in [2.05, 4.69) is 32.6 Å². The highest BCUT2D eigenvalue weighted by molar-refractivity contribution is 7.66. The van der Waals surface area contributed by atoms with Crippen molar-refractivity contribution < 1.29 is 70.9 Å². The molecule has 1 aliphatic heterocycles. The number of unbranched alkanes of at least 4 members (excludes halogenated alkanes) is 1. The van der Waals surface area contributed by atoms with E-state index in [-0.39, 0.29) is 36.2 Å². The third-order valence-electron chi connectivity index (χ3n) is 4.85. The Balaban J connectivity index is 1.55. The van der Waals surface area contributed by atoms with Gasteiger partial charge in [-0.05, 0) is 12.8 Å². The summed E-state index contributed by atoms with van der Waals surface area (Å²) >= 11 is 0. The van der Waals surface area contributed by atoms with E-state index in [1.165, 1.54) is 10.9 Å². The molecule has 0 radical (unpaired) electrons. The average molecular weight is 607 g/mol. The lowest BCUT2D eigenvalue weighted by Gasteiger charge is -2.20. The summed E-state index contributed by atoms with van der Waals surface area (Å²) in [5.41, 5.74) is 6.02. The van der Waals surface area contributed by atoms with Gasteiger partial charge in [0.05, 0.1) is 19.5 Å². The number of hydrogen-bond donors (Lipinski definition) is 7. The zero-order chi connectivity index (χ0) is 28.3. The van der Waals surface area contributed by atoms with Crippen LogP contribution >= 0.6 is 23.5 Å². The number of carbonyl (C=O) groups is 1. The Morgan fingerprint density at radius 1 is 1.00 bits per heavy atom. The van der Waals surface area contributed by atoms with Gasteiger partial charge in [0.1, 0.15) is 30.2 Å². The molecule has 3 heterocycles. The number of phosphoric ester groups is 2. The number of nitrogen functional groups attached to an aromatic ring is 1. The Morgan fingerprint density at radius 2 is 1.66 bits per heavy atom. The van der Waals surface area contributed by atoms with Gasteiger partial charge in [-0.2, -0.15) is 8.62 Å². The standard InChI is InChI=1S/C15H24N5O15P3/c16-13-10-14(18-6-17-13)20(7-19-10)15-12(24)11(23)8(33-15)5-32-37(27,28)35-38(29,30)34-36(25,26)31-4-2-1-3-9(21)22/h6-8,11-12,15,23-24H,1-5H2,(H,21,22)(H,25,26)(H,27,28)(H,29,30)(H2,16,17,18)/t8-,11-,12-,15-/m1/s1. The normalized spacial score (nSPS) is 26.6. The molecule has 0 aliphatic carbocycles. The van der Waals surface area contributed by atoms with E-state index in [0.29, 0.717) is 0 Å². The number of aliphatic hydroxyl groups is 2. The first-order valence-corrected chi connectivity index (χ1v) is 15.0. The molecule has 2 aromatic heterocycles. The number of carboxylic acids is 1. The van der Waals surface area contributed by atoms with E-state index in [9.17, 15) is 43.4 Å². The quantitative estimate of drug-likeness (QED) is 0.107. The second kappa shape index (κ2) is 12.1. The van der Waals surface area contributed by atoms with Gasteiger partial charge >= 0.3 is 29.4 Å². The van der Waals surface area contributed by atoms with Gasteiger partial charge in [0.2, 0.25) is 0 Å². The van der Waals surface area contributed by atoms with Crippen LogP contribution in [0.3, 0.4) is 0 Å². The monoisotopic (exact) mass is 607 g/mol. The molecule has 38 heavy (non-hydrogen) atoms. The van der Waals surface area contributed by atoms with Crippen LogP contribution in [0.5, 0.6) is 0 Å². The maximum absolute atomic E-state index is 12.1. The van der Waals surface area contributed by atoms with Crippen molar-refractivity contribution in [1.82, 2.24) is 19.5 Å². The number of rotatable bonds is 14. The number of imidazole rings is 1. The Bertz CT molecular complexity index is 1290. The van der Waals surface area contributed by atoms with E-state index in [0.717, 1.165) is 6.33 Å². The summed E-state index contributed by atoms with van der Waals surface area (Å²) in [6.07, 6.45) is -4.00. The number of ether oxygens (including phenoxy) is 1. The fourth-order valence-electron chi connectivity index (χ4n) is 3.20. The predicted octanol–water partition coefficient (Wildman–Crippen LogP) is -0.350. The number of fused-ring (bicyclic) bond motifs is 1. The molecule has 20 nitrogen and oxygen atoms in total. The zero-order valence-corrected chi connectivity index (χ0v) is 21.7. The SMILES string of the molecule is Nc1ncnc2c1ncn2[C@@H]1O[C@H](COP(=O)(O)OP(=O)(O)OP(=O)(O)OCCCCC(=O)O)[C@@H](O)[C@H]1O. The van der Waals surface area contributed by atoms with Gasteiger partial charge < -0.3 is 40.5 Å². The van der Waals surface area contributed by atoms with E-state index in [1.54, 1.807) is 0 Å². The number of nitrogens with two attached hydrogens (primary N) is 1. The average Bonchev–Trinajstić information content (AvgIpc) is 3.32. The lowest BCUT2D eigenvalue weighted by atomic mass is 10.1. The Kier molecular flexibility index (Phi) is 9.76. The van der Waals surface area contributed by atoms with E-state index >= 15 is 0 Å². The molecule has 0 spiro atoms. The molecule has 3 unspecified atom stereocenters. The molecule has 2 aromatic rings. The van der Waals surface area contributed by atoms with Gasteiger partial charge in [0, 0.05) is 6.42 Å². The van der Waals surface area contributed by atoms with Crippen LogP contribution < -0.4 is 5.73 Å². The fraction of sp³-hybridized carbons (Fsp3) is 0.600. The fourth-order valence-corrected chi connectivity index (χ4v) is 6.75. The van der Waals surface area contributed by atoms with Gasteiger partial charge in [-0.15, -0.1) is 0 Å². The highest BCUT2D eigenvalue weighted by atomic mass is 31.3. The van der Waals surface area contributed by atoms with Crippen LogP contribution in [0.2, 0.25) is 0 Å². The molecular formula is C15H24N5O15P3. The molecule has 8 N–H and O–H groups in total. The van der Waals surface area contributed by atoms with E-state index < -0.39 is 67.2 Å². The first-order chi connectivity index (χ1) is 17.6. The Labute approximate surface area is 212 Å². The van der Waals surface area contributed by atoms with Crippen LogP contribution in [0.25, 0.3) is 11.2 Å². The van der Waals surface area contributed by atoms with E-state index in [1.807, 2.05) is 0 Å². The number of aliphatic carboxylic acids is 1. The molecule has 23 heteroatoms. The highest BCUT2D eigenvalue weighted by Gasteiger charge is 2.47. The first-order valence-electron chi connectivity index (χ1n) is 10.5. The number of aromatic nitrogens is 4. The lowest BCUT2D eigenvalue weighted by molar-refractivity contribution is -0.137. The van der Waals surface area contributed by atoms with Crippen LogP contribution in [0.15, 0.2) is 12.7 Å². The minimum Gasteiger partial charge on any atom is -0.481 e. The van der Waals surface area contributed by atoms with Gasteiger partial charge in [-0.3, -0.25) is 18.4 Å². The summed E-state index contributed by atoms with van der Waals surface area (Å²) in [4.78, 5) is 51.0. The lowest BCUT2D eigenvalue weighted by Crippen LogP contribution is -2.33. The molecule has 1 aliphatic rings. The maximum Gasteiger partial charge on any atom is 0.490 e. The molecule has 1 fully saturated rings. The van der Waals surface area contributed by atoms with Gasteiger partial charge in [0.25, 0.3) is 0 Å². The van der Waals surface area contributed by atoms with Crippen LogP contribution in [0, 0.1) is 0 Å². The van der Waals surface area contributed by atoms with Crippen LogP contribution in [-0.2, 0) is 40.9 Å². The van der Waals surface area contributed by atoms with Crippen molar-refractivity contribution in [3.63, 3.8) is 0 Å². The molecule has 214 valence electrons. The van der Waals surface area contributed by atoms with Crippen molar-refractivity contribution in [3.05, 3.63) is 12.7 Å². The van der Waals surface area contributed by atoms with Crippen LogP contribution in [-0.4, -0.2) is 87.0 Å². The predicted molar refractivity (Wildman–Crippen MR) is 121 cm³/mol. The number of aliphatic hydroxyl groups excluding tert-OH is 2. The number of nitrogens with zero attached hydrogens (tertiary/aromatic N) is 4. The summed E-state index contributed by atoms with van der Waals surface area (Å²) in [5.74, 6) is -1.08. The maximum atomic E-state index is 12.1. The molecular weight excluding hydrogens is 583 g/mol. The molecule has 0 amide bonds. The van der Waals surface area contributed by atoms with Crippen molar-refractivity contribution in [2.45, 2.75) is 43.8 Å². The molecule has 0 saturated carbocycles. The van der Waals surface area contributed by atoms with Crippen molar-refractivity contribution in [3.8, 4) is 0 Å². The zero-order valence-electron chi connectivity index (χ0n) is 19.1. The number of phosphoric acid groups is 3. The number of hydrogen-bond acceptors (Lipinski definition) is 15. The van der Waals surface area contributed by atoms with Gasteiger partial charge in [-0.1, -0.05) is 0 Å².